The summed E-state index contributed by atoms with van der Waals surface area (Å²) >= 11 is 1.52. The Morgan fingerprint density at radius 3 is 3.22 bits per heavy atom. The van der Waals surface area contributed by atoms with E-state index >= 15 is 0 Å². The van der Waals surface area contributed by atoms with Crippen LogP contribution in [0.1, 0.15) is 30.1 Å². The fraction of sp³-hybridized carbons (Fsp3) is 0.412. The molecule has 1 heterocycles. The Morgan fingerprint density at radius 2 is 2.39 bits per heavy atom. The van der Waals surface area contributed by atoms with Crippen molar-refractivity contribution in [3.05, 3.63) is 41.7 Å². The minimum Gasteiger partial charge on any atom is -0.497 e. The van der Waals surface area contributed by atoms with Gasteiger partial charge in [-0.25, -0.2) is 0 Å². The molecule has 2 aromatic rings. The van der Waals surface area contributed by atoms with Gasteiger partial charge in [0, 0.05) is 23.2 Å². The zero-order chi connectivity index (χ0) is 16.2. The Morgan fingerprint density at radius 1 is 1.52 bits per heavy atom. The summed E-state index contributed by atoms with van der Waals surface area (Å²) < 4.78 is 7.12. The minimum absolute atomic E-state index is 0.0551. The zero-order valence-corrected chi connectivity index (χ0v) is 14.2. The molecule has 1 aromatic carbocycles. The number of carbonyl (C=O) groups is 1. The van der Waals surface area contributed by atoms with E-state index < -0.39 is 0 Å². The molecule has 0 saturated carbocycles. The van der Waals surface area contributed by atoms with Crippen LogP contribution >= 0.6 is 11.8 Å². The van der Waals surface area contributed by atoms with E-state index in [2.05, 4.69) is 10.4 Å². The lowest BCUT2D eigenvalue weighted by molar-refractivity contribution is -0.119. The van der Waals surface area contributed by atoms with Crippen molar-refractivity contribution in [2.24, 2.45) is 7.05 Å². The molecule has 0 unspecified atom stereocenters. The number of carbonyl (C=O) groups excluding carboxylic acids is 1. The maximum absolute atomic E-state index is 12.3. The van der Waals surface area contributed by atoms with E-state index in [1.807, 2.05) is 42.2 Å². The summed E-state index contributed by atoms with van der Waals surface area (Å²) in [7, 11) is 3.60. The number of methoxy groups -OCH3 is 1. The third-order valence-corrected chi connectivity index (χ3v) is 5.12. The smallest absolute Gasteiger partial charge is 0.230 e. The molecule has 23 heavy (non-hydrogen) atoms. The van der Waals surface area contributed by atoms with Gasteiger partial charge >= 0.3 is 0 Å². The largest absolute Gasteiger partial charge is 0.497 e. The molecule has 0 fully saturated rings. The molecule has 1 aliphatic carbocycles. The second kappa shape index (κ2) is 7.08. The van der Waals surface area contributed by atoms with Gasteiger partial charge < -0.3 is 10.1 Å². The van der Waals surface area contributed by atoms with Gasteiger partial charge in [0.2, 0.25) is 5.91 Å². The van der Waals surface area contributed by atoms with E-state index in [0.717, 1.165) is 29.9 Å². The molecule has 0 bridgehead atoms. The van der Waals surface area contributed by atoms with Gasteiger partial charge in [-0.1, -0.05) is 6.07 Å². The number of aryl methyl sites for hydroxylation is 1. The van der Waals surface area contributed by atoms with Gasteiger partial charge in [-0.3, -0.25) is 9.48 Å². The van der Waals surface area contributed by atoms with Crippen molar-refractivity contribution in [1.29, 1.82) is 0 Å². The number of amides is 1. The van der Waals surface area contributed by atoms with Gasteiger partial charge in [-0.2, -0.15) is 5.10 Å². The first kappa shape index (κ1) is 15.9. The third kappa shape index (κ3) is 3.69. The molecule has 6 heteroatoms. The lowest BCUT2D eigenvalue weighted by Gasteiger charge is -2.23. The summed E-state index contributed by atoms with van der Waals surface area (Å²) in [4.78, 5) is 13.3. The molecule has 0 aliphatic heterocycles. The number of aromatic nitrogens is 2. The maximum Gasteiger partial charge on any atom is 0.230 e. The monoisotopic (exact) mass is 331 g/mol. The maximum atomic E-state index is 12.3. The first-order valence-corrected chi connectivity index (χ1v) is 8.73. The summed E-state index contributed by atoms with van der Waals surface area (Å²) in [6.07, 6.45) is 4.99. The highest BCUT2D eigenvalue weighted by atomic mass is 32.2. The topological polar surface area (TPSA) is 56.1 Å². The van der Waals surface area contributed by atoms with Crippen molar-refractivity contribution in [2.45, 2.75) is 30.2 Å². The van der Waals surface area contributed by atoms with Crippen LogP contribution in [-0.2, 0) is 18.3 Å². The SMILES string of the molecule is COc1cccc(SCC(=O)N[C@@H]2CCCc3c2cnn3C)c1. The van der Waals surface area contributed by atoms with Crippen molar-refractivity contribution in [2.75, 3.05) is 12.9 Å². The molecule has 5 nitrogen and oxygen atoms in total. The van der Waals surface area contributed by atoms with Gasteiger partial charge in [-0.05, 0) is 37.5 Å². The van der Waals surface area contributed by atoms with Crippen LogP contribution in [0.3, 0.4) is 0 Å². The van der Waals surface area contributed by atoms with Gasteiger partial charge in [0.05, 0.1) is 25.1 Å². The van der Waals surface area contributed by atoms with Crippen molar-refractivity contribution in [3.63, 3.8) is 0 Å². The molecule has 1 amide bonds. The molecule has 1 N–H and O–H groups in total. The Labute approximate surface area is 140 Å². The number of benzene rings is 1. The van der Waals surface area contributed by atoms with Crippen LogP contribution in [0.2, 0.25) is 0 Å². The van der Waals surface area contributed by atoms with Crippen molar-refractivity contribution < 1.29 is 9.53 Å². The van der Waals surface area contributed by atoms with Gasteiger partial charge in [0.1, 0.15) is 5.75 Å². The minimum atomic E-state index is 0.0551. The van der Waals surface area contributed by atoms with E-state index in [4.69, 9.17) is 4.74 Å². The number of fused-ring (bicyclic) bond motifs is 1. The second-order valence-electron chi connectivity index (χ2n) is 5.65. The predicted molar refractivity (Wildman–Crippen MR) is 90.7 cm³/mol. The standard InChI is InChI=1S/C17H21N3O2S/c1-20-16-8-4-7-15(14(16)10-18-20)19-17(21)11-23-13-6-3-5-12(9-13)22-2/h3,5-6,9-10,15H,4,7-8,11H2,1-2H3,(H,19,21)/t15-/m1/s1. The average molecular weight is 331 g/mol. The van der Waals surface area contributed by atoms with Gasteiger partial charge in [0.25, 0.3) is 0 Å². The van der Waals surface area contributed by atoms with Crippen LogP contribution in [0, 0.1) is 0 Å². The van der Waals surface area contributed by atoms with Crippen molar-refractivity contribution in [1.82, 2.24) is 15.1 Å². The summed E-state index contributed by atoms with van der Waals surface area (Å²) in [5.74, 6) is 1.27. The molecule has 1 atom stereocenters. The quantitative estimate of drug-likeness (QED) is 0.856. The Kier molecular flexibility index (Phi) is 4.91. The Hall–Kier alpha value is -1.95. The predicted octanol–water partition coefficient (Wildman–Crippen LogP) is 2.71. The van der Waals surface area contributed by atoms with E-state index in [0.29, 0.717) is 5.75 Å². The third-order valence-electron chi connectivity index (χ3n) is 4.12. The van der Waals surface area contributed by atoms with E-state index in [-0.39, 0.29) is 11.9 Å². The molecule has 0 radical (unpaired) electrons. The second-order valence-corrected chi connectivity index (χ2v) is 6.70. The molecule has 0 saturated heterocycles. The summed E-state index contributed by atoms with van der Waals surface area (Å²) in [6.45, 7) is 0. The van der Waals surface area contributed by atoms with Crippen LogP contribution in [0.15, 0.2) is 35.4 Å². The van der Waals surface area contributed by atoms with E-state index in [9.17, 15) is 4.79 Å². The fourth-order valence-electron chi connectivity index (χ4n) is 2.93. The van der Waals surface area contributed by atoms with Crippen molar-refractivity contribution in [3.8, 4) is 5.75 Å². The first-order chi connectivity index (χ1) is 11.2. The number of nitrogens with zero attached hydrogens (tertiary/aromatic N) is 2. The van der Waals surface area contributed by atoms with Crippen LogP contribution in [-0.4, -0.2) is 28.6 Å². The molecule has 0 spiro atoms. The van der Waals surface area contributed by atoms with Crippen molar-refractivity contribution >= 4 is 17.7 Å². The molecule has 122 valence electrons. The van der Waals surface area contributed by atoms with E-state index in [1.54, 1.807) is 7.11 Å². The number of rotatable bonds is 5. The highest BCUT2D eigenvalue weighted by molar-refractivity contribution is 8.00. The fourth-order valence-corrected chi connectivity index (χ4v) is 3.69. The Bertz CT molecular complexity index is 699. The van der Waals surface area contributed by atoms with Crippen LogP contribution in [0.4, 0.5) is 0 Å². The number of hydrogen-bond donors (Lipinski definition) is 1. The average Bonchev–Trinajstić information content (AvgIpc) is 2.96. The van der Waals surface area contributed by atoms with Gasteiger partial charge in [0.15, 0.2) is 0 Å². The van der Waals surface area contributed by atoms with E-state index in [1.165, 1.54) is 23.0 Å². The number of nitrogens with one attached hydrogen (secondary N) is 1. The lowest BCUT2D eigenvalue weighted by atomic mass is 9.93. The van der Waals surface area contributed by atoms with Crippen LogP contribution < -0.4 is 10.1 Å². The summed E-state index contributed by atoms with van der Waals surface area (Å²) in [5, 5.41) is 7.46. The molecule has 1 aromatic heterocycles. The molecular weight excluding hydrogens is 310 g/mol. The lowest BCUT2D eigenvalue weighted by Crippen LogP contribution is -2.32. The highest BCUT2D eigenvalue weighted by Gasteiger charge is 2.24. The summed E-state index contributed by atoms with van der Waals surface area (Å²) in [5.41, 5.74) is 2.40. The van der Waals surface area contributed by atoms with Crippen LogP contribution in [0.5, 0.6) is 5.75 Å². The molecule has 1 aliphatic rings. The Balaban J connectivity index is 1.58. The van der Waals surface area contributed by atoms with Crippen LogP contribution in [0.25, 0.3) is 0 Å². The molecule has 3 rings (SSSR count). The zero-order valence-electron chi connectivity index (χ0n) is 13.4. The number of hydrogen-bond acceptors (Lipinski definition) is 4. The highest BCUT2D eigenvalue weighted by Crippen LogP contribution is 2.29. The number of thioether (sulfide) groups is 1. The normalized spacial score (nSPS) is 16.7. The summed E-state index contributed by atoms with van der Waals surface area (Å²) in [6, 6.07) is 7.85. The molecular formula is C17H21N3O2S. The van der Waals surface area contributed by atoms with Gasteiger partial charge in [-0.15, -0.1) is 11.8 Å². The first-order valence-electron chi connectivity index (χ1n) is 7.74. The number of ether oxygens (including phenoxy) is 1.